The Morgan fingerprint density at radius 3 is 2.61 bits per heavy atom. The molecule has 2 saturated heterocycles. The first-order valence-electron chi connectivity index (χ1n) is 20.2. The van der Waals surface area contributed by atoms with Crippen LogP contribution in [-0.4, -0.2) is 80.1 Å². The maximum absolute atomic E-state index is 13.9. The summed E-state index contributed by atoms with van der Waals surface area (Å²) in [5.41, 5.74) is 6.42. The van der Waals surface area contributed by atoms with Crippen LogP contribution in [0.5, 0.6) is 11.5 Å². The lowest BCUT2D eigenvalue weighted by molar-refractivity contribution is -0.384. The van der Waals surface area contributed by atoms with E-state index in [0.717, 1.165) is 87.4 Å². The second kappa shape index (κ2) is 17.2. The molecule has 14 nitrogen and oxygen atoms in total. The van der Waals surface area contributed by atoms with E-state index >= 15 is 0 Å². The molecule has 1 amide bonds. The SMILES string of the molecule is C=C(C)c1cccc2c1CCCCC2N1CCN(c2ccc(C(=O)NS(=O)(=O)c3ccc(NCC4CCOCC4)c([N+](=O)[O-])c3)c(Oc3cnc4[nH]ccc4c3)c2)CC1. The summed E-state index contributed by atoms with van der Waals surface area (Å²) in [4.78, 5) is 37.2. The Labute approximate surface area is 343 Å². The summed E-state index contributed by atoms with van der Waals surface area (Å²) in [5, 5.41) is 16.0. The number of nitro benzene ring substituents is 1. The largest absolute Gasteiger partial charge is 0.455 e. The van der Waals surface area contributed by atoms with Gasteiger partial charge >= 0.3 is 0 Å². The van der Waals surface area contributed by atoms with Gasteiger partial charge in [0.25, 0.3) is 21.6 Å². The third-order valence-corrected chi connectivity index (χ3v) is 13.1. The molecule has 3 aromatic carbocycles. The van der Waals surface area contributed by atoms with Crippen LogP contribution in [0.3, 0.4) is 0 Å². The van der Waals surface area contributed by atoms with Gasteiger partial charge in [-0.25, -0.2) is 18.1 Å². The molecule has 8 rings (SSSR count). The highest BCUT2D eigenvalue weighted by molar-refractivity contribution is 7.90. The number of amides is 1. The van der Waals surface area contributed by atoms with Crippen LogP contribution in [0.15, 0.2) is 90.6 Å². The third-order valence-electron chi connectivity index (χ3n) is 11.7. The summed E-state index contributed by atoms with van der Waals surface area (Å²) in [6.45, 7) is 11.2. The number of hydrogen-bond acceptors (Lipinski definition) is 11. The van der Waals surface area contributed by atoms with Crippen LogP contribution in [0.2, 0.25) is 0 Å². The minimum Gasteiger partial charge on any atom is -0.455 e. The van der Waals surface area contributed by atoms with Gasteiger partial charge in [-0.3, -0.25) is 19.8 Å². The van der Waals surface area contributed by atoms with Gasteiger partial charge in [-0.05, 0) is 98.0 Å². The van der Waals surface area contributed by atoms with Gasteiger partial charge < -0.3 is 24.7 Å². The number of nitrogens with one attached hydrogen (secondary N) is 3. The molecule has 3 N–H and O–H groups in total. The molecule has 15 heteroatoms. The minimum atomic E-state index is -4.55. The average molecular weight is 820 g/mol. The number of pyridine rings is 1. The fourth-order valence-corrected chi connectivity index (χ4v) is 9.55. The van der Waals surface area contributed by atoms with E-state index in [9.17, 15) is 23.3 Å². The van der Waals surface area contributed by atoms with Crippen molar-refractivity contribution in [3.05, 3.63) is 118 Å². The Hall–Kier alpha value is -5.77. The molecule has 1 atom stereocenters. The van der Waals surface area contributed by atoms with Gasteiger partial charge in [0.05, 0.1) is 21.6 Å². The summed E-state index contributed by atoms with van der Waals surface area (Å²) >= 11 is 0. The van der Waals surface area contributed by atoms with E-state index in [-0.39, 0.29) is 22.9 Å². The molecule has 4 heterocycles. The number of H-pyrrole nitrogens is 1. The van der Waals surface area contributed by atoms with Crippen molar-refractivity contribution >= 4 is 49.6 Å². The maximum Gasteiger partial charge on any atom is 0.293 e. The summed E-state index contributed by atoms with van der Waals surface area (Å²) in [7, 11) is -4.55. The first kappa shape index (κ1) is 40.0. The molecule has 59 heavy (non-hydrogen) atoms. The topological polar surface area (TPSA) is 172 Å². The number of aromatic amines is 1. The number of carbonyl (C=O) groups is 1. The van der Waals surface area contributed by atoms with E-state index in [1.807, 2.05) is 6.07 Å². The number of anilines is 2. The van der Waals surface area contributed by atoms with Crippen molar-refractivity contribution < 1.29 is 27.6 Å². The predicted molar refractivity (Wildman–Crippen MR) is 228 cm³/mol. The normalized spacial score (nSPS) is 17.8. The fraction of sp³-hybridized carbons (Fsp3) is 0.364. The fourth-order valence-electron chi connectivity index (χ4n) is 8.56. The molecule has 308 valence electrons. The van der Waals surface area contributed by atoms with Crippen molar-refractivity contribution in [1.82, 2.24) is 19.6 Å². The zero-order chi connectivity index (χ0) is 41.1. The number of ether oxygens (including phenoxy) is 2. The molecule has 0 radical (unpaired) electrons. The predicted octanol–water partition coefficient (Wildman–Crippen LogP) is 7.84. The second-order valence-corrected chi connectivity index (χ2v) is 17.3. The number of carbonyl (C=O) groups excluding carboxylic acids is 1. The van der Waals surface area contributed by atoms with Crippen LogP contribution in [0, 0.1) is 16.0 Å². The molecule has 2 aliphatic heterocycles. The van der Waals surface area contributed by atoms with Gasteiger partial charge in [0.2, 0.25) is 0 Å². The van der Waals surface area contributed by atoms with E-state index in [1.165, 1.54) is 35.0 Å². The lowest BCUT2D eigenvalue weighted by Gasteiger charge is -2.41. The van der Waals surface area contributed by atoms with Crippen molar-refractivity contribution in [3.8, 4) is 11.5 Å². The van der Waals surface area contributed by atoms with Gasteiger partial charge in [0.15, 0.2) is 0 Å². The van der Waals surface area contributed by atoms with Gasteiger partial charge in [-0.15, -0.1) is 0 Å². The van der Waals surface area contributed by atoms with Gasteiger partial charge in [-0.1, -0.05) is 36.8 Å². The highest BCUT2D eigenvalue weighted by atomic mass is 32.2. The zero-order valence-corrected chi connectivity index (χ0v) is 33.9. The number of allylic oxidation sites excluding steroid dienone is 1. The van der Waals surface area contributed by atoms with Crippen molar-refractivity contribution in [2.24, 2.45) is 5.92 Å². The highest BCUT2D eigenvalue weighted by Crippen LogP contribution is 2.38. The molecular formula is C44H49N7O7S. The molecule has 2 fully saturated rings. The molecule has 1 unspecified atom stereocenters. The zero-order valence-electron chi connectivity index (χ0n) is 33.1. The molecular weight excluding hydrogens is 771 g/mol. The number of piperazine rings is 1. The first-order chi connectivity index (χ1) is 28.5. The average Bonchev–Trinajstić information content (AvgIpc) is 3.60. The van der Waals surface area contributed by atoms with E-state index in [4.69, 9.17) is 9.47 Å². The van der Waals surface area contributed by atoms with Gasteiger partial charge in [-0.2, -0.15) is 0 Å². The van der Waals surface area contributed by atoms with Crippen LogP contribution >= 0.6 is 0 Å². The number of fused-ring (bicyclic) bond motifs is 2. The van der Waals surface area contributed by atoms with E-state index in [2.05, 4.69) is 61.5 Å². The van der Waals surface area contributed by atoms with Gasteiger partial charge in [0.1, 0.15) is 22.8 Å². The molecule has 3 aliphatic rings. The van der Waals surface area contributed by atoms with Crippen molar-refractivity contribution in [3.63, 3.8) is 0 Å². The minimum absolute atomic E-state index is 0.0299. The summed E-state index contributed by atoms with van der Waals surface area (Å²) in [6.07, 6.45) is 9.43. The maximum atomic E-state index is 13.9. The van der Waals surface area contributed by atoms with E-state index in [1.54, 1.807) is 30.5 Å². The molecule has 0 spiro atoms. The Morgan fingerprint density at radius 1 is 1.02 bits per heavy atom. The Morgan fingerprint density at radius 2 is 1.83 bits per heavy atom. The Kier molecular flexibility index (Phi) is 11.7. The molecule has 0 saturated carbocycles. The van der Waals surface area contributed by atoms with Crippen LogP contribution in [0.1, 0.15) is 72.1 Å². The summed E-state index contributed by atoms with van der Waals surface area (Å²) in [5.74, 6) is -0.175. The van der Waals surface area contributed by atoms with Crippen molar-refractivity contribution in [2.45, 2.75) is 56.4 Å². The number of hydrogen-bond donors (Lipinski definition) is 3. The number of sulfonamides is 1. The first-order valence-corrected chi connectivity index (χ1v) is 21.7. The quantitative estimate of drug-likeness (QED) is 0.0636. The molecule has 1 aliphatic carbocycles. The number of nitrogens with zero attached hydrogens (tertiary/aromatic N) is 4. The monoisotopic (exact) mass is 819 g/mol. The van der Waals surface area contributed by atoms with Crippen LogP contribution in [0.25, 0.3) is 16.6 Å². The number of benzene rings is 3. The van der Waals surface area contributed by atoms with Crippen LogP contribution in [-0.2, 0) is 21.2 Å². The van der Waals surface area contributed by atoms with E-state index in [0.29, 0.717) is 37.2 Å². The lowest BCUT2D eigenvalue weighted by Crippen LogP contribution is -2.47. The smallest absolute Gasteiger partial charge is 0.293 e. The van der Waals surface area contributed by atoms with Crippen LogP contribution in [0.4, 0.5) is 17.1 Å². The standard InChI is InChI=1S/C44H49N7O7S/c1-29(2)35-7-5-8-37-36(35)6-3-4-9-40(37)50-20-18-49(19-21-50)32-10-12-38(42(25-32)58-33-24-31-14-17-45-43(31)47-28-33)44(52)48-59(55,56)34-11-13-39(41(26-34)51(53)54)46-27-30-15-22-57-23-16-30/h5,7-8,10-14,17,24-26,28,30,40,46H,1,3-4,6,9,15-16,18-23,27H2,2H3,(H,45,47)(H,48,52). The van der Waals surface area contributed by atoms with Crippen molar-refractivity contribution in [1.29, 1.82) is 0 Å². The third kappa shape index (κ3) is 8.82. The number of aromatic nitrogens is 2. The van der Waals surface area contributed by atoms with Crippen molar-refractivity contribution in [2.75, 3.05) is 56.2 Å². The van der Waals surface area contributed by atoms with Crippen LogP contribution < -0.4 is 19.7 Å². The molecule has 2 aromatic heterocycles. The molecule has 5 aromatic rings. The summed E-state index contributed by atoms with van der Waals surface area (Å²) in [6, 6.07) is 19.2. The molecule has 0 bridgehead atoms. The van der Waals surface area contributed by atoms with Gasteiger partial charge in [0, 0.05) is 81.4 Å². The Balaban J connectivity index is 1.02. The number of rotatable bonds is 12. The Bertz CT molecular complexity index is 2490. The number of nitro groups is 1. The second-order valence-electron chi connectivity index (χ2n) is 15.6. The lowest BCUT2D eigenvalue weighted by atomic mass is 9.91. The highest BCUT2D eigenvalue weighted by Gasteiger charge is 2.31. The van der Waals surface area contributed by atoms with E-state index < -0.39 is 31.4 Å². The summed E-state index contributed by atoms with van der Waals surface area (Å²) < 4.78 is 41.2.